The third-order valence-corrected chi connectivity index (χ3v) is 3.44. The highest BCUT2D eigenvalue weighted by Crippen LogP contribution is 2.23. The number of rotatable bonds is 6. The number of nitrogens with zero attached hydrogens (tertiary/aromatic N) is 5. The van der Waals surface area contributed by atoms with E-state index >= 15 is 0 Å². The molecule has 1 aromatic heterocycles. The fourth-order valence-electron chi connectivity index (χ4n) is 1.50. The number of hydrogen-bond acceptors (Lipinski definition) is 7. The Morgan fingerprint density at radius 1 is 1.50 bits per heavy atom. The molecule has 0 unspecified atom stereocenters. The highest BCUT2D eigenvalue weighted by atomic mass is 32.2. The molecule has 2 rings (SSSR count). The SMILES string of the molecule is NCCn1nnnc1SCc1ccc([N+](=O)[O-])c(F)c1. The summed E-state index contributed by atoms with van der Waals surface area (Å²) in [5.41, 5.74) is 5.50. The van der Waals surface area contributed by atoms with E-state index in [9.17, 15) is 14.5 Å². The van der Waals surface area contributed by atoms with Crippen molar-refractivity contribution >= 4 is 17.4 Å². The van der Waals surface area contributed by atoms with Gasteiger partial charge in [-0.2, -0.15) is 4.39 Å². The van der Waals surface area contributed by atoms with E-state index in [1.165, 1.54) is 17.8 Å². The van der Waals surface area contributed by atoms with Gasteiger partial charge in [0, 0.05) is 18.4 Å². The summed E-state index contributed by atoms with van der Waals surface area (Å²) < 4.78 is 15.0. The van der Waals surface area contributed by atoms with Crippen molar-refractivity contribution in [2.75, 3.05) is 6.54 Å². The molecule has 1 aromatic carbocycles. The van der Waals surface area contributed by atoms with Crippen LogP contribution in [-0.4, -0.2) is 31.7 Å². The number of halogens is 1. The van der Waals surface area contributed by atoms with Gasteiger partial charge in [0.05, 0.1) is 11.5 Å². The Labute approximate surface area is 117 Å². The highest BCUT2D eigenvalue weighted by Gasteiger charge is 2.14. The van der Waals surface area contributed by atoms with E-state index in [0.717, 1.165) is 12.1 Å². The number of benzene rings is 1. The van der Waals surface area contributed by atoms with Crippen molar-refractivity contribution in [2.45, 2.75) is 17.5 Å². The van der Waals surface area contributed by atoms with Gasteiger partial charge in [0.1, 0.15) is 0 Å². The van der Waals surface area contributed by atoms with Gasteiger partial charge in [-0.25, -0.2) is 4.68 Å². The molecule has 0 atom stereocenters. The van der Waals surface area contributed by atoms with Crippen LogP contribution in [0.3, 0.4) is 0 Å². The number of thioether (sulfide) groups is 1. The summed E-state index contributed by atoms with van der Waals surface area (Å²) in [5.74, 6) is -0.450. The number of nitro groups is 1. The summed E-state index contributed by atoms with van der Waals surface area (Å²) in [6.07, 6.45) is 0. The normalized spacial score (nSPS) is 10.7. The average Bonchev–Trinajstić information content (AvgIpc) is 2.84. The fraction of sp³-hybridized carbons (Fsp3) is 0.300. The van der Waals surface area contributed by atoms with E-state index in [-0.39, 0.29) is 0 Å². The first kappa shape index (κ1) is 14.3. The van der Waals surface area contributed by atoms with Gasteiger partial charge in [-0.3, -0.25) is 10.1 Å². The minimum atomic E-state index is -0.852. The van der Waals surface area contributed by atoms with Crippen molar-refractivity contribution in [3.05, 3.63) is 39.7 Å². The van der Waals surface area contributed by atoms with E-state index in [0.29, 0.717) is 29.6 Å². The number of nitrogens with two attached hydrogens (primary N) is 1. The van der Waals surface area contributed by atoms with Crippen LogP contribution in [0, 0.1) is 15.9 Å². The van der Waals surface area contributed by atoms with E-state index < -0.39 is 16.4 Å². The topological polar surface area (TPSA) is 113 Å². The summed E-state index contributed by atoms with van der Waals surface area (Å²) in [6, 6.07) is 3.79. The van der Waals surface area contributed by atoms with Crippen molar-refractivity contribution < 1.29 is 9.31 Å². The third-order valence-electron chi connectivity index (χ3n) is 2.42. The van der Waals surface area contributed by atoms with Crippen LogP contribution in [0.15, 0.2) is 23.4 Å². The average molecular weight is 298 g/mol. The zero-order valence-electron chi connectivity index (χ0n) is 10.3. The second-order valence-electron chi connectivity index (χ2n) is 3.80. The molecule has 0 fully saturated rings. The molecule has 0 saturated carbocycles. The molecule has 0 bridgehead atoms. The summed E-state index contributed by atoms with van der Waals surface area (Å²) in [6.45, 7) is 0.898. The molecule has 0 amide bonds. The second kappa shape index (κ2) is 6.39. The minimum Gasteiger partial charge on any atom is -0.329 e. The molecular formula is C10H11FN6O2S. The van der Waals surface area contributed by atoms with E-state index in [2.05, 4.69) is 15.5 Å². The van der Waals surface area contributed by atoms with Gasteiger partial charge in [-0.05, 0) is 22.1 Å². The minimum absolute atomic E-state index is 0.403. The Morgan fingerprint density at radius 2 is 2.30 bits per heavy atom. The third kappa shape index (κ3) is 3.27. The maximum absolute atomic E-state index is 13.5. The Bertz CT molecular complexity index is 620. The second-order valence-corrected chi connectivity index (χ2v) is 4.75. The van der Waals surface area contributed by atoms with Gasteiger partial charge in [0.2, 0.25) is 11.0 Å². The lowest BCUT2D eigenvalue weighted by atomic mass is 10.2. The van der Waals surface area contributed by atoms with Gasteiger partial charge < -0.3 is 5.73 Å². The van der Waals surface area contributed by atoms with Crippen LogP contribution >= 0.6 is 11.8 Å². The van der Waals surface area contributed by atoms with Crippen LogP contribution in [-0.2, 0) is 12.3 Å². The van der Waals surface area contributed by atoms with E-state index in [1.54, 1.807) is 4.68 Å². The number of aromatic nitrogens is 4. The first-order valence-corrected chi connectivity index (χ1v) is 6.62. The van der Waals surface area contributed by atoms with Crippen LogP contribution in [0.25, 0.3) is 0 Å². The van der Waals surface area contributed by atoms with Crippen molar-refractivity contribution in [1.29, 1.82) is 0 Å². The van der Waals surface area contributed by atoms with Gasteiger partial charge in [0.25, 0.3) is 0 Å². The maximum atomic E-state index is 13.5. The molecule has 8 nitrogen and oxygen atoms in total. The fourth-order valence-corrected chi connectivity index (χ4v) is 2.34. The van der Waals surface area contributed by atoms with Crippen LogP contribution in [0.4, 0.5) is 10.1 Å². The highest BCUT2D eigenvalue weighted by molar-refractivity contribution is 7.98. The predicted octanol–water partition coefficient (Wildman–Crippen LogP) is 0.971. The van der Waals surface area contributed by atoms with E-state index in [4.69, 9.17) is 5.73 Å². The van der Waals surface area contributed by atoms with Crippen LogP contribution in [0.5, 0.6) is 0 Å². The molecule has 0 aliphatic rings. The number of nitro benzene ring substituents is 1. The van der Waals surface area contributed by atoms with E-state index in [1.807, 2.05) is 0 Å². The summed E-state index contributed by atoms with van der Waals surface area (Å²) in [5, 5.41) is 22.2. The zero-order valence-corrected chi connectivity index (χ0v) is 11.1. The smallest absolute Gasteiger partial charge is 0.304 e. The molecule has 2 N–H and O–H groups in total. The van der Waals surface area contributed by atoms with Crippen molar-refractivity contribution in [2.24, 2.45) is 5.73 Å². The molecular weight excluding hydrogens is 287 g/mol. The summed E-state index contributed by atoms with van der Waals surface area (Å²) in [7, 11) is 0. The Morgan fingerprint density at radius 3 is 2.95 bits per heavy atom. The first-order valence-electron chi connectivity index (χ1n) is 5.63. The molecule has 2 aromatic rings. The van der Waals surface area contributed by atoms with Crippen molar-refractivity contribution in [3.8, 4) is 0 Å². The molecule has 0 saturated heterocycles. The van der Waals surface area contributed by atoms with Crippen molar-refractivity contribution in [1.82, 2.24) is 20.2 Å². The Balaban J connectivity index is 2.05. The number of tetrazole rings is 1. The molecule has 0 aliphatic carbocycles. The van der Waals surface area contributed by atoms with Gasteiger partial charge in [-0.15, -0.1) is 5.10 Å². The molecule has 20 heavy (non-hydrogen) atoms. The lowest BCUT2D eigenvalue weighted by molar-refractivity contribution is -0.387. The van der Waals surface area contributed by atoms with Gasteiger partial charge in [-0.1, -0.05) is 17.8 Å². The molecule has 106 valence electrons. The first-order chi connectivity index (χ1) is 9.61. The summed E-state index contributed by atoms with van der Waals surface area (Å²) in [4.78, 5) is 9.76. The monoisotopic (exact) mass is 298 g/mol. The molecule has 10 heteroatoms. The Kier molecular flexibility index (Phi) is 4.58. The lowest BCUT2D eigenvalue weighted by Crippen LogP contribution is -2.12. The van der Waals surface area contributed by atoms with Gasteiger partial charge >= 0.3 is 5.69 Å². The Hall–Kier alpha value is -2.07. The van der Waals surface area contributed by atoms with Crippen LogP contribution < -0.4 is 5.73 Å². The van der Waals surface area contributed by atoms with Crippen LogP contribution in [0.2, 0.25) is 0 Å². The largest absolute Gasteiger partial charge is 0.329 e. The lowest BCUT2D eigenvalue weighted by Gasteiger charge is -2.03. The molecule has 1 heterocycles. The maximum Gasteiger partial charge on any atom is 0.304 e. The molecule has 0 spiro atoms. The quantitative estimate of drug-likeness (QED) is 0.480. The number of hydrogen-bond donors (Lipinski definition) is 1. The standard InChI is InChI=1S/C10H11FN6O2S/c11-8-5-7(1-2-9(8)17(18)19)6-20-10-13-14-15-16(10)4-3-12/h1-2,5H,3-4,6,12H2. The van der Waals surface area contributed by atoms with Crippen molar-refractivity contribution in [3.63, 3.8) is 0 Å². The summed E-state index contributed by atoms with van der Waals surface area (Å²) >= 11 is 1.30. The zero-order chi connectivity index (χ0) is 14.5. The van der Waals surface area contributed by atoms with Gasteiger partial charge in [0.15, 0.2) is 0 Å². The van der Waals surface area contributed by atoms with Crippen LogP contribution in [0.1, 0.15) is 5.56 Å². The molecule has 0 radical (unpaired) electrons. The molecule has 0 aliphatic heterocycles. The predicted molar refractivity (Wildman–Crippen MR) is 69.5 cm³/mol.